The molecule has 0 spiro atoms. The van der Waals surface area contributed by atoms with Gasteiger partial charge in [0, 0.05) is 38.5 Å². The first kappa shape index (κ1) is 20.9. The number of non-ortho nitro benzene ring substituents is 1. The van der Waals surface area contributed by atoms with Crippen molar-refractivity contribution in [2.24, 2.45) is 0 Å². The van der Waals surface area contributed by atoms with Crippen LogP contribution >= 0.6 is 0 Å². The molecule has 0 saturated heterocycles. The molecule has 0 aliphatic heterocycles. The zero-order chi connectivity index (χ0) is 21.5. The van der Waals surface area contributed by atoms with Crippen molar-refractivity contribution >= 4 is 17.3 Å². The van der Waals surface area contributed by atoms with Crippen molar-refractivity contribution < 1.29 is 14.5 Å². The fourth-order valence-electron chi connectivity index (χ4n) is 3.03. The second-order valence-corrected chi connectivity index (χ2v) is 6.91. The van der Waals surface area contributed by atoms with Gasteiger partial charge < -0.3 is 15.0 Å². The third-order valence-corrected chi connectivity index (χ3v) is 4.61. The third kappa shape index (κ3) is 5.14. The van der Waals surface area contributed by atoms with Gasteiger partial charge in [0.1, 0.15) is 12.4 Å². The molecule has 7 nitrogen and oxygen atoms in total. The molecule has 0 aromatic heterocycles. The molecule has 0 atom stereocenters. The van der Waals surface area contributed by atoms with Crippen molar-refractivity contribution in [1.29, 1.82) is 0 Å². The molecule has 3 aromatic carbocycles. The van der Waals surface area contributed by atoms with Crippen LogP contribution < -0.4 is 15.0 Å². The summed E-state index contributed by atoms with van der Waals surface area (Å²) in [7, 11) is 3.57. The molecule has 3 rings (SSSR count). The molecular formula is C23H23N3O4. The minimum Gasteiger partial charge on any atom is -0.489 e. The van der Waals surface area contributed by atoms with Crippen LogP contribution in [0.25, 0.3) is 0 Å². The number of carbonyl (C=O) groups excluding carboxylic acids is 1. The first-order valence-electron chi connectivity index (χ1n) is 9.44. The number of hydrogen-bond acceptors (Lipinski definition) is 5. The van der Waals surface area contributed by atoms with Crippen LogP contribution in [0.1, 0.15) is 21.5 Å². The lowest BCUT2D eigenvalue weighted by molar-refractivity contribution is -0.384. The summed E-state index contributed by atoms with van der Waals surface area (Å²) in [6, 6.07) is 21.5. The number of amides is 1. The number of para-hydroxylation sites is 1. The van der Waals surface area contributed by atoms with E-state index in [1.54, 1.807) is 25.1 Å². The van der Waals surface area contributed by atoms with Crippen LogP contribution in [0.4, 0.5) is 11.4 Å². The van der Waals surface area contributed by atoms with Crippen LogP contribution in [-0.4, -0.2) is 24.9 Å². The number of ether oxygens (including phenoxy) is 1. The summed E-state index contributed by atoms with van der Waals surface area (Å²) in [6.07, 6.45) is 0. The molecule has 1 N–H and O–H groups in total. The number of nitro benzene ring substituents is 1. The minimum absolute atomic E-state index is 0.123. The predicted octanol–water partition coefficient (Wildman–Crippen LogP) is 4.17. The third-order valence-electron chi connectivity index (χ3n) is 4.61. The van der Waals surface area contributed by atoms with E-state index in [-0.39, 0.29) is 23.7 Å². The predicted molar refractivity (Wildman–Crippen MR) is 116 cm³/mol. The highest BCUT2D eigenvalue weighted by Gasteiger charge is 2.18. The molecule has 0 radical (unpaired) electrons. The van der Waals surface area contributed by atoms with Crippen LogP contribution in [0.2, 0.25) is 0 Å². The number of hydrogen-bond donors (Lipinski definition) is 1. The quantitative estimate of drug-likeness (QED) is 0.449. The molecule has 1 amide bonds. The fraction of sp³-hybridized carbons (Fsp3) is 0.174. The van der Waals surface area contributed by atoms with Crippen LogP contribution in [0.5, 0.6) is 5.75 Å². The van der Waals surface area contributed by atoms with Crippen molar-refractivity contribution in [1.82, 2.24) is 5.32 Å². The van der Waals surface area contributed by atoms with E-state index < -0.39 is 4.92 Å². The summed E-state index contributed by atoms with van der Waals surface area (Å²) in [4.78, 5) is 25.2. The Labute approximate surface area is 175 Å². The number of carbonyl (C=O) groups is 1. The second-order valence-electron chi connectivity index (χ2n) is 6.91. The molecule has 7 heteroatoms. The number of anilines is 1. The van der Waals surface area contributed by atoms with Gasteiger partial charge in [-0.05, 0) is 29.3 Å². The number of nitrogens with one attached hydrogen (secondary N) is 1. The summed E-state index contributed by atoms with van der Waals surface area (Å²) in [5.41, 5.74) is 2.61. The first-order valence-corrected chi connectivity index (χ1v) is 9.44. The van der Waals surface area contributed by atoms with E-state index in [1.165, 1.54) is 12.1 Å². The maximum absolute atomic E-state index is 12.8. The van der Waals surface area contributed by atoms with E-state index in [9.17, 15) is 14.9 Å². The van der Waals surface area contributed by atoms with Gasteiger partial charge in [-0.25, -0.2) is 0 Å². The van der Waals surface area contributed by atoms with Crippen molar-refractivity contribution in [3.63, 3.8) is 0 Å². The Balaban J connectivity index is 1.74. The Hall–Kier alpha value is -3.87. The van der Waals surface area contributed by atoms with Gasteiger partial charge in [0.25, 0.3) is 11.6 Å². The van der Waals surface area contributed by atoms with Crippen molar-refractivity contribution in [3.8, 4) is 5.75 Å². The average Bonchev–Trinajstić information content (AvgIpc) is 2.76. The van der Waals surface area contributed by atoms with E-state index in [0.717, 1.165) is 16.9 Å². The second kappa shape index (κ2) is 9.56. The average molecular weight is 405 g/mol. The van der Waals surface area contributed by atoms with Gasteiger partial charge in [0.15, 0.2) is 0 Å². The lowest BCUT2D eigenvalue weighted by Crippen LogP contribution is -2.26. The molecule has 154 valence electrons. The molecule has 30 heavy (non-hydrogen) atoms. The maximum Gasteiger partial charge on any atom is 0.270 e. The topological polar surface area (TPSA) is 84.7 Å². The standard InChI is InChI=1S/C23H23N3O4/c1-25(2)22-13-12-19(26(28)29)14-21(22)23(27)24-15-17-8-6-7-9-18(17)16-30-20-10-4-3-5-11-20/h3-14H,15-16H2,1-2H3,(H,24,27). The minimum atomic E-state index is -0.507. The number of benzene rings is 3. The van der Waals surface area contributed by atoms with Gasteiger partial charge in [0.05, 0.1) is 10.5 Å². The molecular weight excluding hydrogens is 382 g/mol. The Morgan fingerprint density at radius 3 is 2.33 bits per heavy atom. The van der Waals surface area contributed by atoms with E-state index in [0.29, 0.717) is 12.3 Å². The number of nitro groups is 1. The Kier molecular flexibility index (Phi) is 6.64. The normalized spacial score (nSPS) is 10.3. The summed E-state index contributed by atoms with van der Waals surface area (Å²) < 4.78 is 5.82. The lowest BCUT2D eigenvalue weighted by Gasteiger charge is -2.17. The molecule has 0 aliphatic carbocycles. The first-order chi connectivity index (χ1) is 14.5. The Morgan fingerprint density at radius 1 is 1.00 bits per heavy atom. The highest BCUT2D eigenvalue weighted by atomic mass is 16.6. The molecule has 0 heterocycles. The number of rotatable bonds is 8. The Bertz CT molecular complexity index is 1040. The van der Waals surface area contributed by atoms with E-state index in [2.05, 4.69) is 5.32 Å². The highest BCUT2D eigenvalue weighted by molar-refractivity contribution is 6.00. The van der Waals surface area contributed by atoms with Gasteiger partial charge in [0.2, 0.25) is 0 Å². The molecule has 0 fully saturated rings. The van der Waals surface area contributed by atoms with Gasteiger partial charge in [-0.3, -0.25) is 14.9 Å². The summed E-state index contributed by atoms with van der Waals surface area (Å²) in [5.74, 6) is 0.393. The van der Waals surface area contributed by atoms with Gasteiger partial charge >= 0.3 is 0 Å². The van der Waals surface area contributed by atoms with Crippen LogP contribution in [0.15, 0.2) is 72.8 Å². The van der Waals surface area contributed by atoms with Crippen LogP contribution in [0, 0.1) is 10.1 Å². The van der Waals surface area contributed by atoms with Gasteiger partial charge in [-0.2, -0.15) is 0 Å². The molecule has 0 bridgehead atoms. The van der Waals surface area contributed by atoms with Crippen LogP contribution in [-0.2, 0) is 13.2 Å². The van der Waals surface area contributed by atoms with E-state index in [4.69, 9.17) is 4.74 Å². The molecule has 3 aromatic rings. The van der Waals surface area contributed by atoms with Crippen LogP contribution in [0.3, 0.4) is 0 Å². The monoisotopic (exact) mass is 405 g/mol. The lowest BCUT2D eigenvalue weighted by atomic mass is 10.1. The smallest absolute Gasteiger partial charge is 0.270 e. The van der Waals surface area contributed by atoms with E-state index >= 15 is 0 Å². The Morgan fingerprint density at radius 2 is 1.67 bits per heavy atom. The van der Waals surface area contributed by atoms with Crippen molar-refractivity contribution in [2.45, 2.75) is 13.2 Å². The zero-order valence-corrected chi connectivity index (χ0v) is 16.9. The molecule has 0 unspecified atom stereocenters. The van der Waals surface area contributed by atoms with Gasteiger partial charge in [-0.1, -0.05) is 42.5 Å². The SMILES string of the molecule is CN(C)c1ccc([N+](=O)[O-])cc1C(=O)NCc1ccccc1COc1ccccc1. The maximum atomic E-state index is 12.8. The highest BCUT2D eigenvalue weighted by Crippen LogP contribution is 2.24. The number of nitrogens with zero attached hydrogens (tertiary/aromatic N) is 2. The zero-order valence-electron chi connectivity index (χ0n) is 16.9. The molecule has 0 saturated carbocycles. The summed E-state index contributed by atoms with van der Waals surface area (Å²) >= 11 is 0. The fourth-order valence-corrected chi connectivity index (χ4v) is 3.03. The largest absolute Gasteiger partial charge is 0.489 e. The van der Waals surface area contributed by atoms with Crippen molar-refractivity contribution in [2.75, 3.05) is 19.0 Å². The van der Waals surface area contributed by atoms with E-state index in [1.807, 2.05) is 54.6 Å². The van der Waals surface area contributed by atoms with Crippen molar-refractivity contribution in [3.05, 3.63) is 99.6 Å². The molecule has 0 aliphatic rings. The summed E-state index contributed by atoms with van der Waals surface area (Å²) in [6.45, 7) is 0.651. The van der Waals surface area contributed by atoms with Gasteiger partial charge in [-0.15, -0.1) is 0 Å². The summed E-state index contributed by atoms with van der Waals surface area (Å²) in [5, 5.41) is 14.0.